The zero-order valence-electron chi connectivity index (χ0n) is 9.36. The second-order valence-electron chi connectivity index (χ2n) is 4.32. The summed E-state index contributed by atoms with van der Waals surface area (Å²) in [5.74, 6) is 1.50. The average Bonchev–Trinajstić information content (AvgIpc) is 2.88. The lowest BCUT2D eigenvalue weighted by Crippen LogP contribution is -2.19. The van der Waals surface area contributed by atoms with E-state index in [0.717, 1.165) is 37.3 Å². The van der Waals surface area contributed by atoms with Crippen LogP contribution in [-0.2, 0) is 13.0 Å². The first kappa shape index (κ1) is 10.6. The first-order valence-corrected chi connectivity index (χ1v) is 5.43. The summed E-state index contributed by atoms with van der Waals surface area (Å²) >= 11 is 0. The molecule has 0 aromatic carbocycles. The normalized spacial score (nSPS) is 16.2. The van der Waals surface area contributed by atoms with Crippen LogP contribution in [0.5, 0.6) is 0 Å². The third kappa shape index (κ3) is 3.60. The van der Waals surface area contributed by atoms with Gasteiger partial charge >= 0.3 is 0 Å². The summed E-state index contributed by atoms with van der Waals surface area (Å²) in [6.45, 7) is 1.67. The third-order valence-electron chi connectivity index (χ3n) is 2.32. The van der Waals surface area contributed by atoms with E-state index in [9.17, 15) is 0 Å². The molecule has 1 saturated carbocycles. The van der Waals surface area contributed by atoms with Crippen molar-refractivity contribution in [1.82, 2.24) is 20.4 Å². The van der Waals surface area contributed by atoms with Crippen LogP contribution in [0.4, 0.5) is 0 Å². The van der Waals surface area contributed by atoms with Crippen LogP contribution in [0.1, 0.15) is 24.6 Å². The highest BCUT2D eigenvalue weighted by Crippen LogP contribution is 2.18. The molecule has 1 aliphatic carbocycles. The molecule has 0 atom stereocenters. The molecule has 1 aromatic heterocycles. The van der Waals surface area contributed by atoms with Crippen molar-refractivity contribution in [2.75, 3.05) is 20.6 Å². The van der Waals surface area contributed by atoms with Gasteiger partial charge in [-0.25, -0.2) is 0 Å². The van der Waals surface area contributed by atoms with E-state index < -0.39 is 0 Å². The second kappa shape index (κ2) is 4.72. The first-order chi connectivity index (χ1) is 7.24. The van der Waals surface area contributed by atoms with Gasteiger partial charge in [0.15, 0.2) is 5.82 Å². The Bertz CT molecular complexity index is 306. The molecule has 0 saturated heterocycles. The van der Waals surface area contributed by atoms with Crippen molar-refractivity contribution in [1.29, 1.82) is 0 Å². The molecular weight excluding hydrogens is 192 g/mol. The molecular formula is C10H18N4O. The van der Waals surface area contributed by atoms with Crippen LogP contribution in [0.3, 0.4) is 0 Å². The van der Waals surface area contributed by atoms with Gasteiger partial charge in [-0.3, -0.25) is 0 Å². The fourth-order valence-corrected chi connectivity index (χ4v) is 1.41. The largest absolute Gasteiger partial charge is 0.339 e. The Kier molecular flexibility index (Phi) is 3.33. The van der Waals surface area contributed by atoms with Gasteiger partial charge < -0.3 is 14.7 Å². The topological polar surface area (TPSA) is 54.2 Å². The third-order valence-corrected chi connectivity index (χ3v) is 2.32. The van der Waals surface area contributed by atoms with Gasteiger partial charge in [0.1, 0.15) is 0 Å². The Balaban J connectivity index is 1.73. The lowest BCUT2D eigenvalue weighted by atomic mass is 10.4. The summed E-state index contributed by atoms with van der Waals surface area (Å²) in [7, 11) is 3.98. The summed E-state index contributed by atoms with van der Waals surface area (Å²) < 4.78 is 5.14. The molecule has 0 unspecified atom stereocenters. The van der Waals surface area contributed by atoms with Gasteiger partial charge in [0.05, 0.1) is 6.54 Å². The van der Waals surface area contributed by atoms with Crippen molar-refractivity contribution in [2.24, 2.45) is 0 Å². The van der Waals surface area contributed by atoms with E-state index in [1.165, 1.54) is 12.8 Å². The summed E-state index contributed by atoms with van der Waals surface area (Å²) in [5, 5.41) is 7.33. The smallest absolute Gasteiger partial charge is 0.227 e. The second-order valence-corrected chi connectivity index (χ2v) is 4.32. The van der Waals surface area contributed by atoms with Crippen LogP contribution >= 0.6 is 0 Å². The highest BCUT2D eigenvalue weighted by molar-refractivity contribution is 4.88. The number of nitrogens with one attached hydrogen (secondary N) is 1. The molecule has 5 nitrogen and oxygen atoms in total. The minimum Gasteiger partial charge on any atom is -0.339 e. The summed E-state index contributed by atoms with van der Waals surface area (Å²) in [6.07, 6.45) is 3.46. The van der Waals surface area contributed by atoms with E-state index >= 15 is 0 Å². The van der Waals surface area contributed by atoms with Crippen LogP contribution in [0.15, 0.2) is 4.52 Å². The van der Waals surface area contributed by atoms with Crippen LogP contribution in [-0.4, -0.2) is 41.7 Å². The molecule has 0 radical (unpaired) electrons. The van der Waals surface area contributed by atoms with Crippen molar-refractivity contribution in [3.05, 3.63) is 11.7 Å². The average molecular weight is 210 g/mol. The van der Waals surface area contributed by atoms with Gasteiger partial charge in [-0.15, -0.1) is 0 Å². The molecule has 0 amide bonds. The lowest BCUT2D eigenvalue weighted by molar-refractivity contribution is 0.348. The Morgan fingerprint density at radius 3 is 2.93 bits per heavy atom. The molecule has 1 N–H and O–H groups in total. The first-order valence-electron chi connectivity index (χ1n) is 5.43. The quantitative estimate of drug-likeness (QED) is 0.737. The number of hydrogen-bond donors (Lipinski definition) is 1. The van der Waals surface area contributed by atoms with Crippen LogP contribution in [0.2, 0.25) is 0 Å². The molecule has 2 rings (SSSR count). The van der Waals surface area contributed by atoms with Gasteiger partial charge in [0, 0.05) is 19.0 Å². The molecule has 1 heterocycles. The number of nitrogens with zero attached hydrogens (tertiary/aromatic N) is 3. The molecule has 15 heavy (non-hydrogen) atoms. The summed E-state index contributed by atoms with van der Waals surface area (Å²) in [6, 6.07) is 0.745. The monoisotopic (exact) mass is 210 g/mol. The van der Waals surface area contributed by atoms with Gasteiger partial charge in [-0.05, 0) is 26.9 Å². The van der Waals surface area contributed by atoms with E-state index in [-0.39, 0.29) is 0 Å². The maximum absolute atomic E-state index is 5.14. The minimum atomic E-state index is 0.736. The highest BCUT2D eigenvalue weighted by atomic mass is 16.5. The zero-order chi connectivity index (χ0) is 10.7. The van der Waals surface area contributed by atoms with Crippen LogP contribution < -0.4 is 5.32 Å². The van der Waals surface area contributed by atoms with E-state index in [0.29, 0.717) is 0 Å². The Labute approximate surface area is 89.8 Å². The molecule has 5 heteroatoms. The molecule has 0 spiro atoms. The molecule has 0 aliphatic heterocycles. The molecule has 0 bridgehead atoms. The van der Waals surface area contributed by atoms with Crippen molar-refractivity contribution in [3.8, 4) is 0 Å². The number of hydrogen-bond acceptors (Lipinski definition) is 5. The van der Waals surface area contributed by atoms with Gasteiger partial charge in [0.2, 0.25) is 5.89 Å². The van der Waals surface area contributed by atoms with Crippen molar-refractivity contribution >= 4 is 0 Å². The standard InChI is InChI=1S/C10H18N4O/c1-14(2)7-9-12-10(15-13-9)5-6-11-8-3-4-8/h8,11H,3-7H2,1-2H3. The molecule has 1 aromatic rings. The summed E-state index contributed by atoms with van der Waals surface area (Å²) in [5.41, 5.74) is 0. The zero-order valence-corrected chi connectivity index (χ0v) is 9.36. The van der Waals surface area contributed by atoms with Gasteiger partial charge in [-0.1, -0.05) is 5.16 Å². The minimum absolute atomic E-state index is 0.736. The van der Waals surface area contributed by atoms with E-state index in [2.05, 4.69) is 15.5 Å². The fourth-order valence-electron chi connectivity index (χ4n) is 1.41. The van der Waals surface area contributed by atoms with Crippen molar-refractivity contribution in [2.45, 2.75) is 31.8 Å². The van der Waals surface area contributed by atoms with E-state index in [4.69, 9.17) is 4.52 Å². The van der Waals surface area contributed by atoms with Crippen LogP contribution in [0, 0.1) is 0 Å². The predicted octanol–water partition coefficient (Wildman–Crippen LogP) is 0.426. The lowest BCUT2D eigenvalue weighted by Gasteiger charge is -2.03. The number of aromatic nitrogens is 2. The maximum Gasteiger partial charge on any atom is 0.227 e. The van der Waals surface area contributed by atoms with Crippen molar-refractivity contribution < 1.29 is 4.52 Å². The molecule has 84 valence electrons. The maximum atomic E-state index is 5.14. The fraction of sp³-hybridized carbons (Fsp3) is 0.800. The Hall–Kier alpha value is -0.940. The van der Waals surface area contributed by atoms with E-state index in [1.807, 2.05) is 19.0 Å². The molecule has 1 fully saturated rings. The van der Waals surface area contributed by atoms with Gasteiger partial charge in [0.25, 0.3) is 0 Å². The number of rotatable bonds is 6. The van der Waals surface area contributed by atoms with Crippen molar-refractivity contribution in [3.63, 3.8) is 0 Å². The molecule has 1 aliphatic rings. The van der Waals surface area contributed by atoms with E-state index in [1.54, 1.807) is 0 Å². The summed E-state index contributed by atoms with van der Waals surface area (Å²) in [4.78, 5) is 6.33. The van der Waals surface area contributed by atoms with Crippen LogP contribution in [0.25, 0.3) is 0 Å². The SMILES string of the molecule is CN(C)Cc1noc(CCNC2CC2)n1. The Morgan fingerprint density at radius 2 is 2.27 bits per heavy atom. The predicted molar refractivity (Wildman–Crippen MR) is 56.4 cm³/mol. The highest BCUT2D eigenvalue weighted by Gasteiger charge is 2.20. The Morgan fingerprint density at radius 1 is 1.47 bits per heavy atom. The van der Waals surface area contributed by atoms with Gasteiger partial charge in [-0.2, -0.15) is 4.98 Å².